The van der Waals surface area contributed by atoms with E-state index in [0.717, 1.165) is 0 Å². The zero-order chi connectivity index (χ0) is 15.9. The van der Waals surface area contributed by atoms with Gasteiger partial charge in [0.2, 0.25) is 21.8 Å². The van der Waals surface area contributed by atoms with Crippen molar-refractivity contribution in [3.05, 3.63) is 29.6 Å². The Bertz CT molecular complexity index is 735. The zero-order valence-electron chi connectivity index (χ0n) is 10.6. The van der Waals surface area contributed by atoms with Gasteiger partial charge in [0.1, 0.15) is 10.9 Å². The second kappa shape index (κ2) is 5.11. The standard InChI is InChI=1S/C11H9F3N2O4S/c1-5-11(18)15-8(17)4-16(5)21(19,20)7-3-2-6(12)9(13)10(7)14/h2-3,5H,4H2,1H3,(H,15,17,18). The molecule has 6 nitrogen and oxygen atoms in total. The molecular weight excluding hydrogens is 313 g/mol. The van der Waals surface area contributed by atoms with Gasteiger partial charge in [0.15, 0.2) is 17.5 Å². The number of nitrogens with zero attached hydrogens (tertiary/aromatic N) is 1. The molecule has 1 aliphatic heterocycles. The average Bonchev–Trinajstić information content (AvgIpc) is 2.39. The maximum absolute atomic E-state index is 13.6. The average molecular weight is 322 g/mol. The molecule has 1 heterocycles. The van der Waals surface area contributed by atoms with Gasteiger partial charge in [0, 0.05) is 0 Å². The largest absolute Gasteiger partial charge is 0.294 e. The van der Waals surface area contributed by atoms with Crippen molar-refractivity contribution in [2.45, 2.75) is 17.9 Å². The normalized spacial score (nSPS) is 20.5. The highest BCUT2D eigenvalue weighted by atomic mass is 32.2. The Morgan fingerprint density at radius 2 is 1.81 bits per heavy atom. The number of nitrogens with one attached hydrogen (secondary N) is 1. The van der Waals surface area contributed by atoms with E-state index in [4.69, 9.17) is 0 Å². The Morgan fingerprint density at radius 3 is 2.43 bits per heavy atom. The van der Waals surface area contributed by atoms with Gasteiger partial charge in [-0.1, -0.05) is 0 Å². The third-order valence-electron chi connectivity index (χ3n) is 2.96. The van der Waals surface area contributed by atoms with E-state index in [1.54, 1.807) is 0 Å². The minimum atomic E-state index is -4.68. The Hall–Kier alpha value is -1.94. The van der Waals surface area contributed by atoms with Crippen LogP contribution in [0.2, 0.25) is 0 Å². The summed E-state index contributed by atoms with van der Waals surface area (Å²) in [7, 11) is -4.68. The molecule has 0 aliphatic carbocycles. The van der Waals surface area contributed by atoms with Gasteiger partial charge in [0.25, 0.3) is 0 Å². The van der Waals surface area contributed by atoms with Crippen molar-refractivity contribution < 1.29 is 31.2 Å². The predicted molar refractivity (Wildman–Crippen MR) is 62.8 cm³/mol. The molecule has 2 rings (SSSR count). The number of sulfonamides is 1. The van der Waals surface area contributed by atoms with Gasteiger partial charge in [-0.05, 0) is 19.1 Å². The van der Waals surface area contributed by atoms with Crippen LogP contribution in [0, 0.1) is 17.5 Å². The van der Waals surface area contributed by atoms with Crippen molar-refractivity contribution >= 4 is 21.8 Å². The fraction of sp³-hybridized carbons (Fsp3) is 0.273. The van der Waals surface area contributed by atoms with Crippen LogP contribution in [0.5, 0.6) is 0 Å². The van der Waals surface area contributed by atoms with Gasteiger partial charge in [0.05, 0.1) is 6.54 Å². The number of halogens is 3. The fourth-order valence-electron chi connectivity index (χ4n) is 1.82. The second-order valence-corrected chi connectivity index (χ2v) is 6.17. The lowest BCUT2D eigenvalue weighted by Crippen LogP contribution is -2.58. The van der Waals surface area contributed by atoms with Crippen LogP contribution in [-0.4, -0.2) is 37.1 Å². The van der Waals surface area contributed by atoms with Gasteiger partial charge in [-0.15, -0.1) is 0 Å². The highest BCUT2D eigenvalue weighted by molar-refractivity contribution is 7.89. The van der Waals surface area contributed by atoms with E-state index in [-0.39, 0.29) is 0 Å². The number of piperazine rings is 1. The van der Waals surface area contributed by atoms with E-state index < -0.39 is 56.8 Å². The third-order valence-corrected chi connectivity index (χ3v) is 4.89. The van der Waals surface area contributed by atoms with Crippen molar-refractivity contribution in [2.75, 3.05) is 6.54 Å². The molecule has 1 unspecified atom stereocenters. The van der Waals surface area contributed by atoms with E-state index in [1.165, 1.54) is 6.92 Å². The molecule has 1 aromatic carbocycles. The molecule has 1 atom stereocenters. The number of hydrogen-bond donors (Lipinski definition) is 1. The first kappa shape index (κ1) is 15.4. The monoisotopic (exact) mass is 322 g/mol. The Kier molecular flexibility index (Phi) is 3.76. The third kappa shape index (κ3) is 2.51. The summed E-state index contributed by atoms with van der Waals surface area (Å²) in [5.74, 6) is -7.19. The van der Waals surface area contributed by atoms with Crippen molar-refractivity contribution in [3.63, 3.8) is 0 Å². The summed E-state index contributed by atoms with van der Waals surface area (Å²) in [6.45, 7) is 0.449. The van der Waals surface area contributed by atoms with Crippen molar-refractivity contribution in [1.82, 2.24) is 9.62 Å². The fourth-order valence-corrected chi connectivity index (χ4v) is 3.43. The summed E-state index contributed by atoms with van der Waals surface area (Å²) in [5, 5.41) is 1.91. The molecule has 0 radical (unpaired) electrons. The Labute approximate surface area is 117 Å². The SMILES string of the molecule is CC1C(=O)NC(=O)CN1S(=O)(=O)c1ccc(F)c(F)c1F. The van der Waals surface area contributed by atoms with Gasteiger partial charge in [-0.25, -0.2) is 21.6 Å². The van der Waals surface area contributed by atoms with Crippen LogP contribution < -0.4 is 5.32 Å². The maximum Gasteiger partial charge on any atom is 0.247 e. The molecular formula is C11H9F3N2O4S. The first-order valence-electron chi connectivity index (χ1n) is 5.65. The van der Waals surface area contributed by atoms with Gasteiger partial charge < -0.3 is 0 Å². The van der Waals surface area contributed by atoms with Crippen LogP contribution in [0.25, 0.3) is 0 Å². The Balaban J connectivity index is 2.54. The molecule has 1 fully saturated rings. The van der Waals surface area contributed by atoms with Gasteiger partial charge in [-0.3, -0.25) is 14.9 Å². The first-order valence-corrected chi connectivity index (χ1v) is 7.09. The molecule has 0 aromatic heterocycles. The van der Waals surface area contributed by atoms with E-state index in [0.29, 0.717) is 16.4 Å². The number of carbonyl (C=O) groups is 2. The lowest BCUT2D eigenvalue weighted by molar-refractivity contribution is -0.136. The van der Waals surface area contributed by atoms with Gasteiger partial charge >= 0.3 is 0 Å². The molecule has 10 heteroatoms. The lowest BCUT2D eigenvalue weighted by Gasteiger charge is -2.30. The molecule has 1 N–H and O–H groups in total. The molecule has 21 heavy (non-hydrogen) atoms. The molecule has 2 amide bonds. The summed E-state index contributed by atoms with van der Waals surface area (Å²) in [5.41, 5.74) is 0. The number of benzene rings is 1. The highest BCUT2D eigenvalue weighted by Crippen LogP contribution is 2.25. The molecule has 1 aliphatic rings. The van der Waals surface area contributed by atoms with Crippen molar-refractivity contribution in [1.29, 1.82) is 0 Å². The zero-order valence-corrected chi connectivity index (χ0v) is 11.4. The van der Waals surface area contributed by atoms with Crippen LogP contribution in [0.1, 0.15) is 6.92 Å². The molecule has 1 aromatic rings. The summed E-state index contributed by atoms with van der Waals surface area (Å²) < 4.78 is 64.5. The topological polar surface area (TPSA) is 83.6 Å². The summed E-state index contributed by atoms with van der Waals surface area (Å²) in [4.78, 5) is 21.5. The molecule has 0 spiro atoms. The number of amides is 2. The second-order valence-electron chi connectivity index (χ2n) is 4.31. The highest BCUT2D eigenvalue weighted by Gasteiger charge is 2.40. The number of carbonyl (C=O) groups excluding carboxylic acids is 2. The number of hydrogen-bond acceptors (Lipinski definition) is 4. The Morgan fingerprint density at radius 1 is 1.19 bits per heavy atom. The van der Waals surface area contributed by atoms with Crippen LogP contribution in [-0.2, 0) is 19.6 Å². The van der Waals surface area contributed by atoms with E-state index in [2.05, 4.69) is 0 Å². The van der Waals surface area contributed by atoms with Crippen LogP contribution >= 0.6 is 0 Å². The van der Waals surface area contributed by atoms with Crippen LogP contribution in [0.15, 0.2) is 17.0 Å². The minimum absolute atomic E-state index is 0.421. The van der Waals surface area contributed by atoms with E-state index >= 15 is 0 Å². The lowest BCUT2D eigenvalue weighted by atomic mass is 10.2. The maximum atomic E-state index is 13.6. The minimum Gasteiger partial charge on any atom is -0.294 e. The molecule has 0 bridgehead atoms. The van der Waals surface area contributed by atoms with E-state index in [1.807, 2.05) is 5.32 Å². The molecule has 1 saturated heterocycles. The predicted octanol–water partition coefficient (Wildman–Crippen LogP) is 0.139. The summed E-state index contributed by atoms with van der Waals surface area (Å²) in [6, 6.07) is -0.311. The summed E-state index contributed by atoms with van der Waals surface area (Å²) >= 11 is 0. The number of imide groups is 1. The van der Waals surface area contributed by atoms with Gasteiger partial charge in [-0.2, -0.15) is 4.31 Å². The summed E-state index contributed by atoms with van der Waals surface area (Å²) in [6.07, 6.45) is 0. The number of rotatable bonds is 2. The van der Waals surface area contributed by atoms with Crippen LogP contribution in [0.4, 0.5) is 13.2 Å². The van der Waals surface area contributed by atoms with Crippen LogP contribution in [0.3, 0.4) is 0 Å². The smallest absolute Gasteiger partial charge is 0.247 e. The van der Waals surface area contributed by atoms with Crippen molar-refractivity contribution in [3.8, 4) is 0 Å². The molecule has 114 valence electrons. The van der Waals surface area contributed by atoms with E-state index in [9.17, 15) is 31.2 Å². The quantitative estimate of drug-likeness (QED) is 0.620. The molecule has 0 saturated carbocycles. The first-order chi connectivity index (χ1) is 9.66. The van der Waals surface area contributed by atoms with Crippen molar-refractivity contribution in [2.24, 2.45) is 0 Å².